The lowest BCUT2D eigenvalue weighted by molar-refractivity contribution is -0.115. The SMILES string of the molecule is Cc1cc(Cl)ccc1NC(=O)C1CCCS1. The number of thioether (sulfide) groups is 1. The van der Waals surface area contributed by atoms with Crippen molar-refractivity contribution in [2.75, 3.05) is 11.1 Å². The van der Waals surface area contributed by atoms with Gasteiger partial charge in [-0.3, -0.25) is 4.79 Å². The Labute approximate surface area is 105 Å². The zero-order chi connectivity index (χ0) is 11.5. The van der Waals surface area contributed by atoms with Gasteiger partial charge in [-0.2, -0.15) is 0 Å². The molecule has 0 radical (unpaired) electrons. The summed E-state index contributed by atoms with van der Waals surface area (Å²) in [6.07, 6.45) is 2.13. The average Bonchev–Trinajstić information content (AvgIpc) is 2.75. The van der Waals surface area contributed by atoms with Crippen LogP contribution >= 0.6 is 23.4 Å². The second-order valence-corrected chi connectivity index (χ2v) is 5.70. The zero-order valence-corrected chi connectivity index (χ0v) is 10.7. The number of carbonyl (C=O) groups is 1. The monoisotopic (exact) mass is 255 g/mol. The van der Waals surface area contributed by atoms with Crippen molar-refractivity contribution in [1.82, 2.24) is 0 Å². The number of nitrogens with one attached hydrogen (secondary N) is 1. The fourth-order valence-electron chi connectivity index (χ4n) is 1.76. The molecule has 1 aromatic rings. The fourth-order valence-corrected chi connectivity index (χ4v) is 3.15. The third kappa shape index (κ3) is 2.71. The maximum atomic E-state index is 11.9. The van der Waals surface area contributed by atoms with Gasteiger partial charge in [-0.15, -0.1) is 11.8 Å². The predicted octanol–water partition coefficient (Wildman–Crippen LogP) is 3.48. The number of anilines is 1. The predicted molar refractivity (Wildman–Crippen MR) is 70.3 cm³/mol. The summed E-state index contributed by atoms with van der Waals surface area (Å²) in [4.78, 5) is 11.9. The van der Waals surface area contributed by atoms with Gasteiger partial charge in [0.1, 0.15) is 0 Å². The largest absolute Gasteiger partial charge is 0.325 e. The van der Waals surface area contributed by atoms with Gasteiger partial charge in [0.25, 0.3) is 0 Å². The Bertz CT molecular complexity index is 402. The first kappa shape index (κ1) is 11.8. The van der Waals surface area contributed by atoms with E-state index in [0.29, 0.717) is 5.02 Å². The van der Waals surface area contributed by atoms with E-state index in [4.69, 9.17) is 11.6 Å². The number of hydrogen-bond acceptors (Lipinski definition) is 2. The van der Waals surface area contributed by atoms with Crippen molar-refractivity contribution >= 4 is 35.0 Å². The Morgan fingerprint density at radius 1 is 1.56 bits per heavy atom. The van der Waals surface area contributed by atoms with Crippen molar-refractivity contribution in [2.24, 2.45) is 0 Å². The van der Waals surface area contributed by atoms with E-state index in [9.17, 15) is 4.79 Å². The van der Waals surface area contributed by atoms with Crippen LogP contribution in [0.4, 0.5) is 5.69 Å². The molecule has 0 bridgehead atoms. The van der Waals surface area contributed by atoms with E-state index >= 15 is 0 Å². The van der Waals surface area contributed by atoms with Crippen molar-refractivity contribution in [3.05, 3.63) is 28.8 Å². The minimum Gasteiger partial charge on any atom is -0.325 e. The van der Waals surface area contributed by atoms with Crippen molar-refractivity contribution in [3.8, 4) is 0 Å². The Kier molecular flexibility index (Phi) is 3.77. The summed E-state index contributed by atoms with van der Waals surface area (Å²) in [6, 6.07) is 5.51. The Hall–Kier alpha value is -0.670. The van der Waals surface area contributed by atoms with E-state index < -0.39 is 0 Å². The first-order valence-electron chi connectivity index (χ1n) is 5.35. The second kappa shape index (κ2) is 5.11. The van der Waals surface area contributed by atoms with Crippen LogP contribution in [0.25, 0.3) is 0 Å². The average molecular weight is 256 g/mol. The molecule has 1 unspecified atom stereocenters. The van der Waals surface area contributed by atoms with Gasteiger partial charge in [0.05, 0.1) is 5.25 Å². The number of carbonyl (C=O) groups excluding carboxylic acids is 1. The van der Waals surface area contributed by atoms with Crippen LogP contribution in [-0.2, 0) is 4.79 Å². The molecule has 1 amide bonds. The van der Waals surface area contributed by atoms with Crippen LogP contribution in [0.5, 0.6) is 0 Å². The zero-order valence-electron chi connectivity index (χ0n) is 9.13. The number of amides is 1. The van der Waals surface area contributed by atoms with E-state index in [0.717, 1.165) is 29.8 Å². The molecule has 0 aliphatic carbocycles. The molecule has 1 N–H and O–H groups in total. The van der Waals surface area contributed by atoms with E-state index in [1.165, 1.54) is 0 Å². The van der Waals surface area contributed by atoms with Crippen LogP contribution in [0.3, 0.4) is 0 Å². The lowest BCUT2D eigenvalue weighted by Gasteiger charge is -2.12. The van der Waals surface area contributed by atoms with E-state index in [1.807, 2.05) is 19.1 Å². The number of aryl methyl sites for hydroxylation is 1. The van der Waals surface area contributed by atoms with Gasteiger partial charge < -0.3 is 5.32 Å². The summed E-state index contributed by atoms with van der Waals surface area (Å²) in [7, 11) is 0. The second-order valence-electron chi connectivity index (χ2n) is 3.95. The molecule has 0 saturated carbocycles. The summed E-state index contributed by atoms with van der Waals surface area (Å²) < 4.78 is 0. The molecule has 1 fully saturated rings. The summed E-state index contributed by atoms with van der Waals surface area (Å²) in [5.74, 6) is 1.21. The first-order valence-corrected chi connectivity index (χ1v) is 6.78. The smallest absolute Gasteiger partial charge is 0.237 e. The summed E-state index contributed by atoms with van der Waals surface area (Å²) in [5, 5.41) is 3.78. The maximum absolute atomic E-state index is 11.9. The minimum absolute atomic E-state index is 0.118. The molecule has 16 heavy (non-hydrogen) atoms. The van der Waals surface area contributed by atoms with Crippen LogP contribution in [0, 0.1) is 6.92 Å². The van der Waals surface area contributed by atoms with Crippen LogP contribution in [0.15, 0.2) is 18.2 Å². The number of hydrogen-bond donors (Lipinski definition) is 1. The molecule has 1 aliphatic rings. The Morgan fingerprint density at radius 3 is 3.00 bits per heavy atom. The molecule has 1 heterocycles. The molecule has 2 rings (SSSR count). The van der Waals surface area contributed by atoms with Crippen LogP contribution in [0.1, 0.15) is 18.4 Å². The van der Waals surface area contributed by atoms with E-state index in [-0.39, 0.29) is 11.2 Å². The standard InChI is InChI=1S/C12H14ClNOS/c1-8-7-9(13)4-5-10(8)14-12(15)11-3-2-6-16-11/h4-5,7,11H,2-3,6H2,1H3,(H,14,15). The number of benzene rings is 1. The summed E-state index contributed by atoms with van der Waals surface area (Å²) >= 11 is 7.60. The molecule has 1 saturated heterocycles. The highest BCUT2D eigenvalue weighted by molar-refractivity contribution is 8.00. The molecular weight excluding hydrogens is 242 g/mol. The first-order chi connectivity index (χ1) is 7.66. The highest BCUT2D eigenvalue weighted by Gasteiger charge is 2.23. The van der Waals surface area contributed by atoms with Crippen molar-refractivity contribution in [2.45, 2.75) is 25.0 Å². The normalized spacial score (nSPS) is 19.8. The molecule has 0 spiro atoms. The summed E-state index contributed by atoms with van der Waals surface area (Å²) in [6.45, 7) is 1.95. The van der Waals surface area contributed by atoms with Gasteiger partial charge in [-0.1, -0.05) is 11.6 Å². The van der Waals surface area contributed by atoms with Crippen LogP contribution in [-0.4, -0.2) is 16.9 Å². The van der Waals surface area contributed by atoms with Crippen LogP contribution < -0.4 is 5.32 Å². The molecule has 4 heteroatoms. The third-order valence-corrected chi connectivity index (χ3v) is 4.28. The molecule has 2 nitrogen and oxygen atoms in total. The highest BCUT2D eigenvalue weighted by Crippen LogP contribution is 2.28. The van der Waals surface area contributed by atoms with Crippen LogP contribution in [0.2, 0.25) is 5.02 Å². The Morgan fingerprint density at radius 2 is 2.38 bits per heavy atom. The quantitative estimate of drug-likeness (QED) is 0.877. The molecule has 86 valence electrons. The molecule has 1 aliphatic heterocycles. The topological polar surface area (TPSA) is 29.1 Å². The maximum Gasteiger partial charge on any atom is 0.237 e. The van der Waals surface area contributed by atoms with E-state index in [2.05, 4.69) is 5.32 Å². The van der Waals surface area contributed by atoms with Crippen molar-refractivity contribution in [3.63, 3.8) is 0 Å². The van der Waals surface area contributed by atoms with Gasteiger partial charge in [0.2, 0.25) is 5.91 Å². The van der Waals surface area contributed by atoms with Crippen molar-refractivity contribution < 1.29 is 4.79 Å². The number of halogens is 1. The molecule has 1 atom stereocenters. The summed E-state index contributed by atoms with van der Waals surface area (Å²) in [5.41, 5.74) is 1.87. The number of rotatable bonds is 2. The molecule has 1 aromatic carbocycles. The van der Waals surface area contributed by atoms with Crippen molar-refractivity contribution in [1.29, 1.82) is 0 Å². The third-order valence-electron chi connectivity index (χ3n) is 2.67. The van der Waals surface area contributed by atoms with Gasteiger partial charge in [-0.25, -0.2) is 0 Å². The van der Waals surface area contributed by atoms with Gasteiger partial charge in [0, 0.05) is 10.7 Å². The lowest BCUT2D eigenvalue weighted by atomic mass is 10.2. The van der Waals surface area contributed by atoms with Gasteiger partial charge in [0.15, 0.2) is 0 Å². The molecular formula is C12H14ClNOS. The van der Waals surface area contributed by atoms with Gasteiger partial charge in [-0.05, 0) is 49.3 Å². The highest BCUT2D eigenvalue weighted by atomic mass is 35.5. The minimum atomic E-state index is 0.118. The lowest BCUT2D eigenvalue weighted by Crippen LogP contribution is -2.23. The fraction of sp³-hybridized carbons (Fsp3) is 0.417. The Balaban J connectivity index is 2.05. The van der Waals surface area contributed by atoms with E-state index in [1.54, 1.807) is 17.8 Å². The van der Waals surface area contributed by atoms with Gasteiger partial charge >= 0.3 is 0 Å². The molecule has 0 aromatic heterocycles.